The van der Waals surface area contributed by atoms with Gasteiger partial charge in [0, 0.05) is 5.56 Å². The molecule has 0 N–H and O–H groups in total. The van der Waals surface area contributed by atoms with E-state index >= 15 is 0 Å². The molecule has 0 fully saturated rings. The highest BCUT2D eigenvalue weighted by atomic mass is 16.4. The standard InChI is InChI=1S/C16H16O3/c1-3-7-13-10-14(12-8-5-4-6-9-12)19-16(18)15(13)11(2)17/h4-6,8-10H,3,7H2,1-2H3. The minimum atomic E-state index is -0.544. The summed E-state index contributed by atoms with van der Waals surface area (Å²) in [6, 6.07) is 11.2. The molecular formula is C16H16O3. The van der Waals surface area contributed by atoms with E-state index in [1.54, 1.807) is 6.07 Å². The molecule has 1 heterocycles. The van der Waals surface area contributed by atoms with Crippen molar-refractivity contribution in [2.75, 3.05) is 0 Å². The van der Waals surface area contributed by atoms with Crippen LogP contribution < -0.4 is 5.63 Å². The number of carbonyl (C=O) groups is 1. The van der Waals surface area contributed by atoms with Gasteiger partial charge in [0.1, 0.15) is 11.3 Å². The molecule has 0 amide bonds. The molecule has 3 heteroatoms. The molecule has 0 unspecified atom stereocenters. The van der Waals surface area contributed by atoms with Crippen LogP contribution in [0.5, 0.6) is 0 Å². The smallest absolute Gasteiger partial charge is 0.347 e. The summed E-state index contributed by atoms with van der Waals surface area (Å²) in [5.41, 5.74) is 1.25. The Morgan fingerprint density at radius 3 is 2.47 bits per heavy atom. The Labute approximate surface area is 111 Å². The summed E-state index contributed by atoms with van der Waals surface area (Å²) in [6.45, 7) is 3.41. The number of carbonyl (C=O) groups excluding carboxylic acids is 1. The second kappa shape index (κ2) is 5.65. The lowest BCUT2D eigenvalue weighted by atomic mass is 10.0. The fourth-order valence-corrected chi connectivity index (χ4v) is 2.12. The van der Waals surface area contributed by atoms with Gasteiger partial charge in [0.15, 0.2) is 5.78 Å². The molecule has 3 nitrogen and oxygen atoms in total. The predicted octanol–water partition coefficient (Wildman–Crippen LogP) is 3.46. The van der Waals surface area contributed by atoms with E-state index in [0.717, 1.165) is 17.5 Å². The highest BCUT2D eigenvalue weighted by Crippen LogP contribution is 2.21. The Morgan fingerprint density at radius 1 is 1.21 bits per heavy atom. The molecular weight excluding hydrogens is 240 g/mol. The number of aryl methyl sites for hydroxylation is 1. The third-order valence-corrected chi connectivity index (χ3v) is 2.96. The molecule has 1 aromatic heterocycles. The number of ketones is 1. The zero-order valence-corrected chi connectivity index (χ0v) is 11.1. The first kappa shape index (κ1) is 13.3. The Balaban J connectivity index is 2.61. The van der Waals surface area contributed by atoms with Crippen LogP contribution in [0.15, 0.2) is 45.6 Å². The van der Waals surface area contributed by atoms with Crippen LogP contribution in [0.25, 0.3) is 11.3 Å². The first-order chi connectivity index (χ1) is 9.13. The lowest BCUT2D eigenvalue weighted by Gasteiger charge is -2.07. The van der Waals surface area contributed by atoms with E-state index in [1.165, 1.54) is 6.92 Å². The Kier molecular flexibility index (Phi) is 3.95. The Hall–Kier alpha value is -2.16. The molecule has 2 rings (SSSR count). The zero-order chi connectivity index (χ0) is 13.8. The average molecular weight is 256 g/mol. The first-order valence-corrected chi connectivity index (χ1v) is 6.37. The summed E-state index contributed by atoms with van der Waals surface area (Å²) in [4.78, 5) is 23.5. The van der Waals surface area contributed by atoms with Gasteiger partial charge in [-0.05, 0) is 25.0 Å². The maximum absolute atomic E-state index is 12.0. The van der Waals surface area contributed by atoms with Gasteiger partial charge in [0.25, 0.3) is 0 Å². The van der Waals surface area contributed by atoms with E-state index in [4.69, 9.17) is 4.42 Å². The van der Waals surface area contributed by atoms with E-state index in [1.807, 2.05) is 37.3 Å². The average Bonchev–Trinajstić information content (AvgIpc) is 2.39. The topological polar surface area (TPSA) is 47.3 Å². The van der Waals surface area contributed by atoms with Gasteiger partial charge in [0.2, 0.25) is 0 Å². The summed E-state index contributed by atoms with van der Waals surface area (Å²) in [7, 11) is 0. The highest BCUT2D eigenvalue weighted by Gasteiger charge is 2.15. The molecule has 98 valence electrons. The Bertz CT molecular complexity index is 639. The SMILES string of the molecule is CCCc1cc(-c2ccccc2)oc(=O)c1C(C)=O. The summed E-state index contributed by atoms with van der Waals surface area (Å²) < 4.78 is 5.27. The van der Waals surface area contributed by atoms with E-state index in [9.17, 15) is 9.59 Å². The number of hydrogen-bond donors (Lipinski definition) is 0. The van der Waals surface area contributed by atoms with Gasteiger partial charge >= 0.3 is 5.63 Å². The van der Waals surface area contributed by atoms with Crippen LogP contribution in [0, 0.1) is 0 Å². The third-order valence-electron chi connectivity index (χ3n) is 2.96. The van der Waals surface area contributed by atoms with Crippen LogP contribution in [-0.4, -0.2) is 5.78 Å². The molecule has 1 aromatic carbocycles. The van der Waals surface area contributed by atoms with Gasteiger partial charge in [0.05, 0.1) is 0 Å². The molecule has 0 aliphatic carbocycles. The number of hydrogen-bond acceptors (Lipinski definition) is 3. The van der Waals surface area contributed by atoms with Crippen molar-refractivity contribution in [1.82, 2.24) is 0 Å². The fourth-order valence-electron chi connectivity index (χ4n) is 2.12. The monoisotopic (exact) mass is 256 g/mol. The number of benzene rings is 1. The van der Waals surface area contributed by atoms with Crippen LogP contribution in [0.1, 0.15) is 36.2 Å². The molecule has 0 atom stereocenters. The van der Waals surface area contributed by atoms with Gasteiger partial charge in [-0.3, -0.25) is 4.79 Å². The van der Waals surface area contributed by atoms with Crippen molar-refractivity contribution in [2.45, 2.75) is 26.7 Å². The van der Waals surface area contributed by atoms with Crippen molar-refractivity contribution in [1.29, 1.82) is 0 Å². The van der Waals surface area contributed by atoms with E-state index < -0.39 is 5.63 Å². The summed E-state index contributed by atoms with van der Waals surface area (Å²) in [5.74, 6) is 0.274. The van der Waals surface area contributed by atoms with Gasteiger partial charge < -0.3 is 4.42 Å². The molecule has 0 saturated heterocycles. The maximum atomic E-state index is 12.0. The quantitative estimate of drug-likeness (QED) is 0.787. The maximum Gasteiger partial charge on any atom is 0.347 e. The molecule has 0 bridgehead atoms. The van der Waals surface area contributed by atoms with Crippen molar-refractivity contribution in [3.8, 4) is 11.3 Å². The van der Waals surface area contributed by atoms with E-state index in [2.05, 4.69) is 0 Å². The fraction of sp³-hybridized carbons (Fsp3) is 0.250. The van der Waals surface area contributed by atoms with Crippen molar-refractivity contribution >= 4 is 5.78 Å². The van der Waals surface area contributed by atoms with Crippen LogP contribution in [-0.2, 0) is 6.42 Å². The lowest BCUT2D eigenvalue weighted by Crippen LogP contribution is -2.15. The first-order valence-electron chi connectivity index (χ1n) is 6.37. The minimum absolute atomic E-state index is 0.182. The lowest BCUT2D eigenvalue weighted by molar-refractivity contribution is 0.101. The van der Waals surface area contributed by atoms with Crippen LogP contribution in [0.4, 0.5) is 0 Å². The van der Waals surface area contributed by atoms with Crippen LogP contribution in [0.2, 0.25) is 0 Å². The second-order valence-electron chi connectivity index (χ2n) is 4.47. The van der Waals surface area contributed by atoms with E-state index in [-0.39, 0.29) is 11.3 Å². The largest absolute Gasteiger partial charge is 0.422 e. The molecule has 19 heavy (non-hydrogen) atoms. The summed E-state index contributed by atoms with van der Waals surface area (Å²) in [5, 5.41) is 0. The summed E-state index contributed by atoms with van der Waals surface area (Å²) in [6.07, 6.45) is 1.57. The van der Waals surface area contributed by atoms with Gasteiger partial charge in [-0.15, -0.1) is 0 Å². The van der Waals surface area contributed by atoms with Crippen LogP contribution >= 0.6 is 0 Å². The zero-order valence-electron chi connectivity index (χ0n) is 11.1. The van der Waals surface area contributed by atoms with Crippen molar-refractivity contribution in [3.63, 3.8) is 0 Å². The molecule has 0 radical (unpaired) electrons. The predicted molar refractivity (Wildman–Crippen MR) is 74.4 cm³/mol. The van der Waals surface area contributed by atoms with Gasteiger partial charge in [-0.1, -0.05) is 43.7 Å². The normalized spacial score (nSPS) is 10.4. The highest BCUT2D eigenvalue weighted by molar-refractivity contribution is 5.95. The summed E-state index contributed by atoms with van der Waals surface area (Å²) >= 11 is 0. The molecule has 0 spiro atoms. The van der Waals surface area contributed by atoms with Crippen molar-refractivity contribution in [3.05, 3.63) is 57.9 Å². The van der Waals surface area contributed by atoms with Gasteiger partial charge in [-0.2, -0.15) is 0 Å². The molecule has 0 aliphatic heterocycles. The molecule has 2 aromatic rings. The third kappa shape index (κ3) is 2.81. The van der Waals surface area contributed by atoms with Gasteiger partial charge in [-0.25, -0.2) is 4.79 Å². The number of Topliss-reactive ketones (excluding diaryl/α,β-unsaturated/α-hetero) is 1. The molecule has 0 aliphatic rings. The Morgan fingerprint density at radius 2 is 1.89 bits per heavy atom. The van der Waals surface area contributed by atoms with Crippen molar-refractivity contribution in [2.24, 2.45) is 0 Å². The minimum Gasteiger partial charge on any atom is -0.422 e. The molecule has 0 saturated carbocycles. The number of rotatable bonds is 4. The van der Waals surface area contributed by atoms with Crippen LogP contribution in [0.3, 0.4) is 0 Å². The second-order valence-corrected chi connectivity index (χ2v) is 4.47. The van der Waals surface area contributed by atoms with Crippen molar-refractivity contribution < 1.29 is 9.21 Å². The van der Waals surface area contributed by atoms with E-state index in [0.29, 0.717) is 12.2 Å².